The third-order valence-electron chi connectivity index (χ3n) is 5.76. The van der Waals surface area contributed by atoms with E-state index in [4.69, 9.17) is 0 Å². The molecule has 4 rings (SSSR count). The van der Waals surface area contributed by atoms with Gasteiger partial charge in [0.2, 0.25) is 5.91 Å². The standard InChI is InChI=1S/C20H26N4O/c1-22-12-6-5-10-17-19(22)14-18(16-8-3-2-4-9-16)24(17)20(25)15-23-13-7-11-21-23/h2-4,7-9,11,13,17-19H,5-6,10,12,14-15H2,1H3/t17-,18-,19+/m1/s1. The number of nitrogens with zero attached hydrogens (tertiary/aromatic N) is 4. The summed E-state index contributed by atoms with van der Waals surface area (Å²) in [6.45, 7) is 1.45. The van der Waals surface area contributed by atoms with Gasteiger partial charge in [0.1, 0.15) is 6.54 Å². The third kappa shape index (κ3) is 3.21. The molecule has 0 unspecified atom stereocenters. The number of hydrogen-bond acceptors (Lipinski definition) is 3. The van der Waals surface area contributed by atoms with Gasteiger partial charge in [-0.3, -0.25) is 9.48 Å². The molecule has 1 aromatic heterocycles. The van der Waals surface area contributed by atoms with Crippen LogP contribution in [0, 0.1) is 0 Å². The topological polar surface area (TPSA) is 41.4 Å². The van der Waals surface area contributed by atoms with Crippen molar-refractivity contribution in [1.82, 2.24) is 19.6 Å². The Kier molecular flexibility index (Phi) is 4.57. The molecule has 132 valence electrons. The van der Waals surface area contributed by atoms with Gasteiger partial charge >= 0.3 is 0 Å². The largest absolute Gasteiger partial charge is 0.329 e. The lowest BCUT2D eigenvalue weighted by Gasteiger charge is -2.32. The minimum absolute atomic E-state index is 0.166. The molecule has 2 saturated heterocycles. The Morgan fingerprint density at radius 1 is 1.16 bits per heavy atom. The number of amides is 1. The van der Waals surface area contributed by atoms with Gasteiger partial charge in [-0.05, 0) is 44.5 Å². The lowest BCUT2D eigenvalue weighted by molar-refractivity contribution is -0.135. The first-order valence-electron chi connectivity index (χ1n) is 9.28. The van der Waals surface area contributed by atoms with Crippen molar-refractivity contribution in [3.63, 3.8) is 0 Å². The SMILES string of the molecule is CN1CCCC[C@@H]2[C@@H]1C[C@H](c1ccccc1)N2C(=O)Cn1cccn1. The molecule has 2 aromatic rings. The van der Waals surface area contributed by atoms with Gasteiger partial charge in [0.05, 0.1) is 6.04 Å². The fourth-order valence-electron chi connectivity index (χ4n) is 4.55. The van der Waals surface area contributed by atoms with E-state index in [1.54, 1.807) is 10.9 Å². The second-order valence-electron chi connectivity index (χ2n) is 7.28. The van der Waals surface area contributed by atoms with Crippen molar-refractivity contribution in [2.24, 2.45) is 0 Å². The summed E-state index contributed by atoms with van der Waals surface area (Å²) in [6.07, 6.45) is 8.13. The van der Waals surface area contributed by atoms with Gasteiger partial charge in [0.15, 0.2) is 0 Å². The number of hydrogen-bond donors (Lipinski definition) is 0. The van der Waals surface area contributed by atoms with Crippen LogP contribution >= 0.6 is 0 Å². The van der Waals surface area contributed by atoms with Crippen LogP contribution in [0.15, 0.2) is 48.8 Å². The summed E-state index contributed by atoms with van der Waals surface area (Å²) in [5, 5.41) is 4.22. The summed E-state index contributed by atoms with van der Waals surface area (Å²) in [4.78, 5) is 17.9. The predicted molar refractivity (Wildman–Crippen MR) is 96.9 cm³/mol. The van der Waals surface area contributed by atoms with Crippen LogP contribution in [0.5, 0.6) is 0 Å². The van der Waals surface area contributed by atoms with Crippen LogP contribution in [0.4, 0.5) is 0 Å². The van der Waals surface area contributed by atoms with Crippen molar-refractivity contribution in [3.8, 4) is 0 Å². The number of fused-ring (bicyclic) bond motifs is 1. The zero-order valence-electron chi connectivity index (χ0n) is 14.8. The van der Waals surface area contributed by atoms with E-state index in [0.717, 1.165) is 19.4 Å². The monoisotopic (exact) mass is 338 g/mol. The van der Waals surface area contributed by atoms with Gasteiger partial charge in [0.25, 0.3) is 0 Å². The van der Waals surface area contributed by atoms with Crippen molar-refractivity contribution < 1.29 is 4.79 Å². The van der Waals surface area contributed by atoms with Crippen LogP contribution in [0.1, 0.15) is 37.3 Å². The molecule has 2 aliphatic rings. The van der Waals surface area contributed by atoms with Gasteiger partial charge in [-0.1, -0.05) is 36.8 Å². The number of likely N-dealkylation sites (tertiary alicyclic amines) is 2. The van der Waals surface area contributed by atoms with Gasteiger partial charge in [-0.2, -0.15) is 5.10 Å². The number of benzene rings is 1. The Morgan fingerprint density at radius 2 is 2.00 bits per heavy atom. The van der Waals surface area contributed by atoms with Crippen LogP contribution in [-0.4, -0.2) is 51.2 Å². The number of likely N-dealkylation sites (N-methyl/N-ethyl adjacent to an activating group) is 1. The lowest BCUT2D eigenvalue weighted by atomic mass is 10.0. The van der Waals surface area contributed by atoms with Gasteiger partial charge in [0, 0.05) is 24.5 Å². The summed E-state index contributed by atoms with van der Waals surface area (Å²) in [7, 11) is 2.21. The Morgan fingerprint density at radius 3 is 2.76 bits per heavy atom. The molecule has 25 heavy (non-hydrogen) atoms. The van der Waals surface area contributed by atoms with Crippen molar-refractivity contribution in [2.45, 2.75) is 50.4 Å². The molecule has 0 aliphatic carbocycles. The molecule has 0 N–H and O–H groups in total. The molecule has 5 heteroatoms. The molecule has 0 bridgehead atoms. The summed E-state index contributed by atoms with van der Waals surface area (Å²) >= 11 is 0. The molecule has 3 heterocycles. The first-order chi connectivity index (χ1) is 12.2. The smallest absolute Gasteiger partial charge is 0.245 e. The highest BCUT2D eigenvalue weighted by molar-refractivity contribution is 5.77. The Bertz CT molecular complexity index is 700. The fourth-order valence-corrected chi connectivity index (χ4v) is 4.55. The normalized spacial score (nSPS) is 27.1. The maximum absolute atomic E-state index is 13.2. The van der Waals surface area contributed by atoms with Crippen LogP contribution < -0.4 is 0 Å². The maximum atomic E-state index is 13.2. The molecule has 3 atom stereocenters. The Balaban J connectivity index is 1.65. The lowest BCUT2D eigenvalue weighted by Crippen LogP contribution is -2.45. The fraction of sp³-hybridized carbons (Fsp3) is 0.500. The Labute approximate surface area is 149 Å². The quantitative estimate of drug-likeness (QED) is 0.864. The van der Waals surface area contributed by atoms with Crippen molar-refractivity contribution in [3.05, 3.63) is 54.4 Å². The highest BCUT2D eigenvalue weighted by Gasteiger charge is 2.46. The second-order valence-corrected chi connectivity index (χ2v) is 7.28. The van der Waals surface area contributed by atoms with Crippen LogP contribution in [0.25, 0.3) is 0 Å². The average Bonchev–Trinajstić information content (AvgIpc) is 3.23. The second kappa shape index (κ2) is 7.00. The molecule has 1 amide bonds. The average molecular weight is 338 g/mol. The first-order valence-corrected chi connectivity index (χ1v) is 9.28. The molecule has 2 aliphatic heterocycles. The minimum Gasteiger partial charge on any atom is -0.329 e. The van der Waals surface area contributed by atoms with Gasteiger partial charge < -0.3 is 9.80 Å². The molecule has 0 radical (unpaired) electrons. The molecule has 2 fully saturated rings. The first kappa shape index (κ1) is 16.3. The molecular formula is C20H26N4O. The van der Waals surface area contributed by atoms with Crippen LogP contribution in [0.3, 0.4) is 0 Å². The number of carbonyl (C=O) groups excluding carboxylic acids is 1. The van der Waals surface area contributed by atoms with Crippen molar-refractivity contribution >= 4 is 5.91 Å². The van der Waals surface area contributed by atoms with E-state index in [1.165, 1.54) is 18.4 Å². The maximum Gasteiger partial charge on any atom is 0.245 e. The Hall–Kier alpha value is -2.14. The number of rotatable bonds is 3. The molecular weight excluding hydrogens is 312 g/mol. The molecule has 0 saturated carbocycles. The molecule has 0 spiro atoms. The predicted octanol–water partition coefficient (Wildman–Crippen LogP) is 2.71. The van der Waals surface area contributed by atoms with E-state index in [0.29, 0.717) is 18.6 Å². The van der Waals surface area contributed by atoms with Crippen molar-refractivity contribution in [1.29, 1.82) is 0 Å². The van der Waals surface area contributed by atoms with Crippen LogP contribution in [-0.2, 0) is 11.3 Å². The summed E-state index contributed by atoms with van der Waals surface area (Å²) < 4.78 is 1.73. The minimum atomic E-state index is 0.166. The zero-order valence-corrected chi connectivity index (χ0v) is 14.8. The number of carbonyl (C=O) groups is 1. The molecule has 5 nitrogen and oxygen atoms in total. The van der Waals surface area contributed by atoms with Crippen LogP contribution in [0.2, 0.25) is 0 Å². The summed E-state index contributed by atoms with van der Waals surface area (Å²) in [5.74, 6) is 0.181. The highest BCUT2D eigenvalue weighted by Crippen LogP contribution is 2.41. The summed E-state index contributed by atoms with van der Waals surface area (Å²) in [5.41, 5.74) is 1.25. The van der Waals surface area contributed by atoms with E-state index in [9.17, 15) is 4.79 Å². The van der Waals surface area contributed by atoms with E-state index < -0.39 is 0 Å². The van der Waals surface area contributed by atoms with E-state index in [1.807, 2.05) is 18.3 Å². The highest BCUT2D eigenvalue weighted by atomic mass is 16.2. The number of aromatic nitrogens is 2. The zero-order chi connectivity index (χ0) is 17.2. The molecule has 1 aromatic carbocycles. The van der Waals surface area contributed by atoms with E-state index in [2.05, 4.69) is 46.2 Å². The third-order valence-corrected chi connectivity index (χ3v) is 5.76. The van der Waals surface area contributed by atoms with E-state index in [-0.39, 0.29) is 11.9 Å². The van der Waals surface area contributed by atoms with Gasteiger partial charge in [-0.25, -0.2) is 0 Å². The van der Waals surface area contributed by atoms with Crippen molar-refractivity contribution in [2.75, 3.05) is 13.6 Å². The summed E-state index contributed by atoms with van der Waals surface area (Å²) in [6, 6.07) is 13.3. The van der Waals surface area contributed by atoms with Gasteiger partial charge in [-0.15, -0.1) is 0 Å². The van der Waals surface area contributed by atoms with E-state index >= 15 is 0 Å².